The summed E-state index contributed by atoms with van der Waals surface area (Å²) < 4.78 is 0. The minimum atomic E-state index is 0.251. The van der Waals surface area contributed by atoms with Crippen LogP contribution in [0.3, 0.4) is 0 Å². The highest BCUT2D eigenvalue weighted by Crippen LogP contribution is 2.18. The summed E-state index contributed by atoms with van der Waals surface area (Å²) >= 11 is 1.69. The third kappa shape index (κ3) is 3.05. The van der Waals surface area contributed by atoms with Gasteiger partial charge in [-0.15, -0.1) is 0 Å². The zero-order chi connectivity index (χ0) is 12.3. The molecule has 0 aromatic carbocycles. The summed E-state index contributed by atoms with van der Waals surface area (Å²) in [6.07, 6.45) is 0. The SMILES string of the molecule is Cc1ccc(O)c(CNC(C)c2ccsc2)n1. The molecule has 0 bridgehead atoms. The number of rotatable bonds is 4. The smallest absolute Gasteiger partial charge is 0.138 e. The maximum atomic E-state index is 9.68. The van der Waals surface area contributed by atoms with Crippen molar-refractivity contribution in [1.29, 1.82) is 0 Å². The second-order valence-electron chi connectivity index (χ2n) is 4.08. The Morgan fingerprint density at radius 3 is 2.94 bits per heavy atom. The second-order valence-corrected chi connectivity index (χ2v) is 4.86. The fourth-order valence-corrected chi connectivity index (χ4v) is 2.38. The van der Waals surface area contributed by atoms with Crippen molar-refractivity contribution >= 4 is 11.3 Å². The first-order valence-corrected chi connectivity index (χ1v) is 6.52. The molecule has 0 aliphatic carbocycles. The Morgan fingerprint density at radius 1 is 1.41 bits per heavy atom. The van der Waals surface area contributed by atoms with Crippen LogP contribution in [0.25, 0.3) is 0 Å². The van der Waals surface area contributed by atoms with Crippen LogP contribution >= 0.6 is 11.3 Å². The molecule has 2 aromatic rings. The van der Waals surface area contributed by atoms with Crippen molar-refractivity contribution < 1.29 is 5.11 Å². The van der Waals surface area contributed by atoms with Gasteiger partial charge in [-0.3, -0.25) is 4.98 Å². The molecular formula is C13H16N2OS. The number of nitrogens with zero attached hydrogens (tertiary/aromatic N) is 1. The summed E-state index contributed by atoms with van der Waals surface area (Å²) in [6, 6.07) is 5.87. The number of hydrogen-bond donors (Lipinski definition) is 2. The van der Waals surface area contributed by atoms with Crippen molar-refractivity contribution in [1.82, 2.24) is 10.3 Å². The Kier molecular flexibility index (Phi) is 3.76. The van der Waals surface area contributed by atoms with E-state index in [1.165, 1.54) is 5.56 Å². The minimum absolute atomic E-state index is 0.251. The molecular weight excluding hydrogens is 232 g/mol. The first-order chi connectivity index (χ1) is 8.16. The Morgan fingerprint density at radius 2 is 2.24 bits per heavy atom. The Bertz CT molecular complexity index is 482. The van der Waals surface area contributed by atoms with Gasteiger partial charge in [0.15, 0.2) is 0 Å². The van der Waals surface area contributed by atoms with Crippen LogP contribution in [0.4, 0.5) is 0 Å². The fraction of sp³-hybridized carbons (Fsp3) is 0.308. The Balaban J connectivity index is 2.00. The van der Waals surface area contributed by atoms with Gasteiger partial charge in [-0.05, 0) is 48.4 Å². The molecule has 0 spiro atoms. The van der Waals surface area contributed by atoms with Gasteiger partial charge >= 0.3 is 0 Å². The molecule has 2 rings (SSSR count). The largest absolute Gasteiger partial charge is 0.506 e. The molecule has 2 heterocycles. The Labute approximate surface area is 105 Å². The number of hydrogen-bond acceptors (Lipinski definition) is 4. The van der Waals surface area contributed by atoms with Crippen molar-refractivity contribution in [2.75, 3.05) is 0 Å². The molecule has 2 aromatic heterocycles. The van der Waals surface area contributed by atoms with Crippen molar-refractivity contribution in [3.05, 3.63) is 45.9 Å². The van der Waals surface area contributed by atoms with Crippen LogP contribution in [0.1, 0.15) is 29.9 Å². The zero-order valence-electron chi connectivity index (χ0n) is 9.97. The molecule has 90 valence electrons. The number of aryl methyl sites for hydroxylation is 1. The molecule has 0 radical (unpaired) electrons. The molecule has 0 aliphatic rings. The lowest BCUT2D eigenvalue weighted by Crippen LogP contribution is -2.18. The predicted molar refractivity (Wildman–Crippen MR) is 70.2 cm³/mol. The quantitative estimate of drug-likeness (QED) is 0.874. The molecule has 0 saturated heterocycles. The standard InChI is InChI=1S/C13H16N2OS/c1-9-3-4-13(16)12(15-9)7-14-10(2)11-5-6-17-8-11/h3-6,8,10,14,16H,7H2,1-2H3. The molecule has 3 nitrogen and oxygen atoms in total. The lowest BCUT2D eigenvalue weighted by atomic mass is 10.2. The lowest BCUT2D eigenvalue weighted by molar-refractivity contribution is 0.454. The predicted octanol–water partition coefficient (Wildman–Crippen LogP) is 3.01. The number of pyridine rings is 1. The van der Waals surface area contributed by atoms with E-state index in [4.69, 9.17) is 0 Å². The van der Waals surface area contributed by atoms with Crippen LogP contribution in [0.5, 0.6) is 5.75 Å². The molecule has 0 aliphatic heterocycles. The molecule has 2 N–H and O–H groups in total. The van der Waals surface area contributed by atoms with Gasteiger partial charge in [-0.2, -0.15) is 11.3 Å². The van der Waals surface area contributed by atoms with Gasteiger partial charge < -0.3 is 10.4 Å². The van der Waals surface area contributed by atoms with Crippen molar-refractivity contribution in [3.63, 3.8) is 0 Å². The van der Waals surface area contributed by atoms with E-state index in [1.807, 2.05) is 6.92 Å². The highest BCUT2D eigenvalue weighted by molar-refractivity contribution is 7.07. The number of aromatic nitrogens is 1. The van der Waals surface area contributed by atoms with Crippen molar-refractivity contribution in [3.8, 4) is 5.75 Å². The average Bonchev–Trinajstić information content (AvgIpc) is 2.83. The van der Waals surface area contributed by atoms with Crippen molar-refractivity contribution in [2.24, 2.45) is 0 Å². The summed E-state index contributed by atoms with van der Waals surface area (Å²) in [5, 5.41) is 17.2. The van der Waals surface area contributed by atoms with E-state index in [0.717, 1.165) is 5.69 Å². The van der Waals surface area contributed by atoms with Gasteiger partial charge in [0, 0.05) is 18.3 Å². The van der Waals surface area contributed by atoms with Gasteiger partial charge in [-0.1, -0.05) is 0 Å². The van der Waals surface area contributed by atoms with E-state index in [-0.39, 0.29) is 11.8 Å². The number of nitrogens with one attached hydrogen (secondary N) is 1. The number of thiophene rings is 1. The molecule has 1 unspecified atom stereocenters. The maximum absolute atomic E-state index is 9.68. The van der Waals surface area contributed by atoms with E-state index in [2.05, 4.69) is 34.1 Å². The normalized spacial score (nSPS) is 12.6. The van der Waals surface area contributed by atoms with E-state index in [0.29, 0.717) is 12.2 Å². The van der Waals surface area contributed by atoms with E-state index in [1.54, 1.807) is 23.5 Å². The molecule has 0 amide bonds. The monoisotopic (exact) mass is 248 g/mol. The highest BCUT2D eigenvalue weighted by Gasteiger charge is 2.08. The first-order valence-electron chi connectivity index (χ1n) is 5.58. The van der Waals surface area contributed by atoms with Gasteiger partial charge in [-0.25, -0.2) is 0 Å². The molecule has 17 heavy (non-hydrogen) atoms. The third-order valence-electron chi connectivity index (χ3n) is 2.71. The van der Waals surface area contributed by atoms with Crippen LogP contribution in [-0.4, -0.2) is 10.1 Å². The lowest BCUT2D eigenvalue weighted by Gasteiger charge is -2.13. The number of aromatic hydroxyl groups is 1. The van der Waals surface area contributed by atoms with Crippen LogP contribution in [0.2, 0.25) is 0 Å². The van der Waals surface area contributed by atoms with E-state index < -0.39 is 0 Å². The van der Waals surface area contributed by atoms with Crippen molar-refractivity contribution in [2.45, 2.75) is 26.4 Å². The second kappa shape index (κ2) is 5.29. The van der Waals surface area contributed by atoms with Crippen LogP contribution in [0.15, 0.2) is 29.0 Å². The van der Waals surface area contributed by atoms with Gasteiger partial charge in [0.05, 0.1) is 5.69 Å². The van der Waals surface area contributed by atoms with Gasteiger partial charge in [0.2, 0.25) is 0 Å². The van der Waals surface area contributed by atoms with Crippen LogP contribution in [0, 0.1) is 6.92 Å². The minimum Gasteiger partial charge on any atom is -0.506 e. The zero-order valence-corrected chi connectivity index (χ0v) is 10.8. The van der Waals surface area contributed by atoms with E-state index in [9.17, 15) is 5.11 Å². The van der Waals surface area contributed by atoms with Gasteiger partial charge in [0.1, 0.15) is 5.75 Å². The van der Waals surface area contributed by atoms with Gasteiger partial charge in [0.25, 0.3) is 0 Å². The summed E-state index contributed by atoms with van der Waals surface area (Å²) in [5.74, 6) is 0.251. The Hall–Kier alpha value is -1.39. The topological polar surface area (TPSA) is 45.1 Å². The van der Waals surface area contributed by atoms with E-state index >= 15 is 0 Å². The first kappa shape index (κ1) is 12.1. The fourth-order valence-electron chi connectivity index (χ4n) is 1.62. The molecule has 1 atom stereocenters. The van der Waals surface area contributed by atoms with Crippen LogP contribution < -0.4 is 5.32 Å². The highest BCUT2D eigenvalue weighted by atomic mass is 32.1. The average molecular weight is 248 g/mol. The molecule has 4 heteroatoms. The maximum Gasteiger partial charge on any atom is 0.138 e. The molecule has 0 fully saturated rings. The summed E-state index contributed by atoms with van der Waals surface area (Å²) in [4.78, 5) is 4.32. The van der Waals surface area contributed by atoms with Crippen LogP contribution in [-0.2, 0) is 6.54 Å². The summed E-state index contributed by atoms with van der Waals surface area (Å²) in [6.45, 7) is 4.60. The molecule has 0 saturated carbocycles. The third-order valence-corrected chi connectivity index (χ3v) is 3.41. The summed E-state index contributed by atoms with van der Waals surface area (Å²) in [5.41, 5.74) is 2.89. The summed E-state index contributed by atoms with van der Waals surface area (Å²) in [7, 11) is 0.